The summed E-state index contributed by atoms with van der Waals surface area (Å²) in [6.45, 7) is 10.4. The molecule has 0 atom stereocenters. The maximum absolute atomic E-state index is 12.7. The summed E-state index contributed by atoms with van der Waals surface area (Å²) in [5.74, 6) is -0.286. The smallest absolute Gasteiger partial charge is 0.307 e. The fourth-order valence-electron chi connectivity index (χ4n) is 2.56. The minimum absolute atomic E-state index is 0.0283. The maximum atomic E-state index is 12.7. The highest BCUT2D eigenvalue weighted by Gasteiger charge is 2.17. The maximum Gasteiger partial charge on any atom is 0.307 e. The summed E-state index contributed by atoms with van der Waals surface area (Å²) in [6, 6.07) is 9.22. The SMILES string of the molecule is CCOC(=O)CCN(CCCN(CC)CC)C(=O)c1ccccc1. The van der Waals surface area contributed by atoms with E-state index in [1.54, 1.807) is 11.8 Å². The van der Waals surface area contributed by atoms with Gasteiger partial charge in [-0.3, -0.25) is 9.59 Å². The van der Waals surface area contributed by atoms with Gasteiger partial charge < -0.3 is 14.5 Å². The summed E-state index contributed by atoms with van der Waals surface area (Å²) in [7, 11) is 0. The molecule has 1 aromatic rings. The van der Waals surface area contributed by atoms with E-state index in [4.69, 9.17) is 4.74 Å². The lowest BCUT2D eigenvalue weighted by Crippen LogP contribution is -2.36. The van der Waals surface area contributed by atoms with Gasteiger partial charge in [-0.2, -0.15) is 0 Å². The first kappa shape index (κ1) is 20.2. The number of amides is 1. The van der Waals surface area contributed by atoms with Crippen molar-refractivity contribution in [3.8, 4) is 0 Å². The minimum atomic E-state index is -0.257. The molecule has 1 amide bonds. The number of hydrogen-bond acceptors (Lipinski definition) is 4. The molecule has 0 saturated heterocycles. The second-order valence-electron chi connectivity index (χ2n) is 5.59. The van der Waals surface area contributed by atoms with Gasteiger partial charge in [0.2, 0.25) is 0 Å². The van der Waals surface area contributed by atoms with Crippen LogP contribution in [0.4, 0.5) is 0 Å². The minimum Gasteiger partial charge on any atom is -0.466 e. The van der Waals surface area contributed by atoms with E-state index < -0.39 is 0 Å². The normalized spacial score (nSPS) is 10.7. The van der Waals surface area contributed by atoms with Crippen molar-refractivity contribution >= 4 is 11.9 Å². The summed E-state index contributed by atoms with van der Waals surface area (Å²) in [5, 5.41) is 0. The van der Waals surface area contributed by atoms with Crippen LogP contribution in [0.15, 0.2) is 30.3 Å². The standard InChI is InChI=1S/C19H30N2O3/c1-4-20(5-2)14-10-15-21(16-13-18(22)24-6-3)19(23)17-11-8-7-9-12-17/h7-9,11-12H,4-6,10,13-16H2,1-3H3. The third kappa shape index (κ3) is 7.13. The van der Waals surface area contributed by atoms with Crippen LogP contribution in [0.1, 0.15) is 44.0 Å². The van der Waals surface area contributed by atoms with Crippen molar-refractivity contribution in [1.29, 1.82) is 0 Å². The van der Waals surface area contributed by atoms with Crippen LogP contribution in [-0.2, 0) is 9.53 Å². The summed E-state index contributed by atoms with van der Waals surface area (Å²) in [5.41, 5.74) is 0.657. The van der Waals surface area contributed by atoms with Gasteiger partial charge in [0.1, 0.15) is 0 Å². The van der Waals surface area contributed by atoms with Crippen molar-refractivity contribution in [2.75, 3.05) is 39.3 Å². The van der Waals surface area contributed by atoms with Gasteiger partial charge in [-0.05, 0) is 45.1 Å². The number of esters is 1. The zero-order chi connectivity index (χ0) is 17.8. The second kappa shape index (κ2) is 11.6. The molecule has 5 heteroatoms. The van der Waals surface area contributed by atoms with Crippen LogP contribution in [0.3, 0.4) is 0 Å². The average molecular weight is 334 g/mol. The van der Waals surface area contributed by atoms with E-state index in [1.165, 1.54) is 0 Å². The highest BCUT2D eigenvalue weighted by atomic mass is 16.5. The summed E-state index contributed by atoms with van der Waals surface area (Å²) < 4.78 is 4.97. The quantitative estimate of drug-likeness (QED) is 0.584. The molecule has 0 radical (unpaired) electrons. The molecular formula is C19H30N2O3. The number of carbonyl (C=O) groups excluding carboxylic acids is 2. The number of rotatable bonds is 11. The zero-order valence-electron chi connectivity index (χ0n) is 15.2. The molecule has 0 N–H and O–H groups in total. The third-order valence-electron chi connectivity index (χ3n) is 4.00. The molecule has 0 aliphatic heterocycles. The van der Waals surface area contributed by atoms with Crippen molar-refractivity contribution in [1.82, 2.24) is 9.80 Å². The molecule has 24 heavy (non-hydrogen) atoms. The summed E-state index contributed by atoms with van der Waals surface area (Å²) in [4.78, 5) is 28.4. The predicted molar refractivity (Wildman–Crippen MR) is 96.0 cm³/mol. The van der Waals surface area contributed by atoms with Crippen molar-refractivity contribution in [3.05, 3.63) is 35.9 Å². The Labute approximate surface area is 145 Å². The average Bonchev–Trinajstić information content (AvgIpc) is 2.61. The largest absolute Gasteiger partial charge is 0.466 e. The molecule has 0 aliphatic carbocycles. The Kier molecular flexibility index (Phi) is 9.77. The van der Waals surface area contributed by atoms with E-state index in [-0.39, 0.29) is 18.3 Å². The highest BCUT2D eigenvalue weighted by Crippen LogP contribution is 2.07. The molecule has 1 aromatic carbocycles. The van der Waals surface area contributed by atoms with E-state index in [0.717, 1.165) is 26.1 Å². The van der Waals surface area contributed by atoms with Gasteiger partial charge in [0.15, 0.2) is 0 Å². The fraction of sp³-hybridized carbons (Fsp3) is 0.579. The highest BCUT2D eigenvalue weighted by molar-refractivity contribution is 5.94. The van der Waals surface area contributed by atoms with Gasteiger partial charge in [-0.15, -0.1) is 0 Å². The molecule has 0 bridgehead atoms. The summed E-state index contributed by atoms with van der Waals surface area (Å²) in [6.07, 6.45) is 1.13. The molecule has 0 saturated carbocycles. The first-order valence-corrected chi connectivity index (χ1v) is 8.84. The number of carbonyl (C=O) groups is 2. The van der Waals surface area contributed by atoms with E-state index in [0.29, 0.717) is 25.3 Å². The Morgan fingerprint density at radius 1 is 0.958 bits per heavy atom. The van der Waals surface area contributed by atoms with Gasteiger partial charge in [0.05, 0.1) is 13.0 Å². The second-order valence-corrected chi connectivity index (χ2v) is 5.59. The van der Waals surface area contributed by atoms with Gasteiger partial charge in [0.25, 0.3) is 5.91 Å². The lowest BCUT2D eigenvalue weighted by molar-refractivity contribution is -0.143. The van der Waals surface area contributed by atoms with E-state index in [1.807, 2.05) is 30.3 Å². The predicted octanol–water partition coefficient (Wildman–Crippen LogP) is 2.81. The van der Waals surface area contributed by atoms with Crippen LogP contribution < -0.4 is 0 Å². The molecular weight excluding hydrogens is 304 g/mol. The van der Waals surface area contributed by atoms with E-state index in [2.05, 4.69) is 18.7 Å². The van der Waals surface area contributed by atoms with Crippen LogP contribution in [0.5, 0.6) is 0 Å². The molecule has 134 valence electrons. The number of ether oxygens (including phenoxy) is 1. The lowest BCUT2D eigenvalue weighted by Gasteiger charge is -2.24. The van der Waals surface area contributed by atoms with Gasteiger partial charge >= 0.3 is 5.97 Å². The van der Waals surface area contributed by atoms with Crippen LogP contribution in [0.2, 0.25) is 0 Å². The van der Waals surface area contributed by atoms with Crippen molar-refractivity contribution < 1.29 is 14.3 Å². The third-order valence-corrected chi connectivity index (χ3v) is 4.00. The Balaban J connectivity index is 2.64. The molecule has 0 heterocycles. The Morgan fingerprint density at radius 3 is 2.21 bits per heavy atom. The van der Waals surface area contributed by atoms with Crippen LogP contribution in [0, 0.1) is 0 Å². The Bertz CT molecular complexity index is 487. The Hall–Kier alpha value is -1.88. The van der Waals surface area contributed by atoms with Gasteiger partial charge in [0, 0.05) is 18.7 Å². The summed E-state index contributed by atoms with van der Waals surface area (Å²) >= 11 is 0. The van der Waals surface area contributed by atoms with E-state index >= 15 is 0 Å². The molecule has 0 spiro atoms. The van der Waals surface area contributed by atoms with Crippen LogP contribution in [-0.4, -0.2) is 61.0 Å². The molecule has 5 nitrogen and oxygen atoms in total. The van der Waals surface area contributed by atoms with Crippen molar-refractivity contribution in [3.63, 3.8) is 0 Å². The number of nitrogens with zero attached hydrogens (tertiary/aromatic N) is 2. The van der Waals surface area contributed by atoms with Gasteiger partial charge in [-0.1, -0.05) is 32.0 Å². The molecule has 0 fully saturated rings. The lowest BCUT2D eigenvalue weighted by atomic mass is 10.2. The first-order valence-electron chi connectivity index (χ1n) is 8.84. The monoisotopic (exact) mass is 334 g/mol. The van der Waals surface area contributed by atoms with Crippen molar-refractivity contribution in [2.45, 2.75) is 33.6 Å². The Morgan fingerprint density at radius 2 is 1.62 bits per heavy atom. The van der Waals surface area contributed by atoms with Gasteiger partial charge in [-0.25, -0.2) is 0 Å². The first-order chi connectivity index (χ1) is 11.6. The van der Waals surface area contributed by atoms with Crippen LogP contribution >= 0.6 is 0 Å². The molecule has 0 aliphatic rings. The molecule has 0 aromatic heterocycles. The number of benzene rings is 1. The topological polar surface area (TPSA) is 49.9 Å². The number of hydrogen-bond donors (Lipinski definition) is 0. The molecule has 0 unspecified atom stereocenters. The zero-order valence-corrected chi connectivity index (χ0v) is 15.2. The van der Waals surface area contributed by atoms with Crippen LogP contribution in [0.25, 0.3) is 0 Å². The van der Waals surface area contributed by atoms with Crippen molar-refractivity contribution in [2.24, 2.45) is 0 Å². The fourth-order valence-corrected chi connectivity index (χ4v) is 2.56. The molecule has 1 rings (SSSR count). The van der Waals surface area contributed by atoms with E-state index in [9.17, 15) is 9.59 Å².